The van der Waals surface area contributed by atoms with Gasteiger partial charge in [0.05, 0.1) is 24.0 Å². The van der Waals surface area contributed by atoms with E-state index < -0.39 is 0 Å². The molecule has 0 N–H and O–H groups in total. The van der Waals surface area contributed by atoms with Gasteiger partial charge in [-0.3, -0.25) is 19.3 Å². The lowest BCUT2D eigenvalue weighted by Gasteiger charge is -2.55. The zero-order valence-electron chi connectivity index (χ0n) is 22.4. The molecule has 5 fully saturated rings. The van der Waals surface area contributed by atoms with Gasteiger partial charge in [-0.25, -0.2) is 0 Å². The van der Waals surface area contributed by atoms with E-state index in [0.717, 1.165) is 47.4 Å². The van der Waals surface area contributed by atoms with E-state index in [1.165, 1.54) is 24.2 Å². The fraction of sp³-hybridized carbons (Fsp3) is 0.364. The molecule has 5 aliphatic rings. The summed E-state index contributed by atoms with van der Waals surface area (Å²) in [4.78, 5) is 41.2. The van der Waals surface area contributed by atoms with Crippen LogP contribution in [0.15, 0.2) is 65.6 Å². The van der Waals surface area contributed by atoms with Crippen molar-refractivity contribution in [3.63, 3.8) is 0 Å². The molecule has 0 atom stereocenters. The molecule has 4 aliphatic carbocycles. The summed E-state index contributed by atoms with van der Waals surface area (Å²) >= 11 is 0.934. The van der Waals surface area contributed by atoms with Crippen LogP contribution in [0.1, 0.15) is 49.7 Å². The van der Waals surface area contributed by atoms with Gasteiger partial charge in [0.15, 0.2) is 11.5 Å². The number of amides is 2. The zero-order chi connectivity index (χ0) is 27.4. The molecule has 6 nitrogen and oxygen atoms in total. The smallest absolute Gasteiger partial charge is 0.317 e. The summed E-state index contributed by atoms with van der Waals surface area (Å²) in [5.41, 5.74) is 1.26. The lowest BCUT2D eigenvalue weighted by atomic mass is 9.49. The van der Waals surface area contributed by atoms with Gasteiger partial charge in [0.1, 0.15) is 0 Å². The molecule has 3 aromatic rings. The van der Waals surface area contributed by atoms with E-state index >= 15 is 0 Å². The summed E-state index contributed by atoms with van der Waals surface area (Å²) in [6.07, 6.45) is 8.29. The number of esters is 1. The van der Waals surface area contributed by atoms with Crippen molar-refractivity contribution in [2.45, 2.75) is 45.1 Å². The van der Waals surface area contributed by atoms with Crippen molar-refractivity contribution in [3.05, 3.63) is 76.7 Å². The Bertz CT molecular complexity index is 1540. The number of benzene rings is 3. The van der Waals surface area contributed by atoms with Crippen molar-refractivity contribution in [2.75, 3.05) is 7.11 Å². The van der Waals surface area contributed by atoms with Crippen LogP contribution in [0.3, 0.4) is 0 Å². The SMILES string of the molecule is COc1cc(/C=C2\SC(=O)N(Cc3cccc4ccccc34)C2=O)ccc1OC(=O)C12CC3CC(CC(C3)C1)C2. The normalized spacial score (nSPS) is 28.1. The van der Waals surface area contributed by atoms with E-state index in [4.69, 9.17) is 9.47 Å². The maximum absolute atomic E-state index is 13.5. The van der Waals surface area contributed by atoms with Crippen molar-refractivity contribution in [1.29, 1.82) is 0 Å². The van der Waals surface area contributed by atoms with E-state index in [9.17, 15) is 14.4 Å². The fourth-order valence-electron chi connectivity index (χ4n) is 7.82. The molecule has 2 amide bonds. The summed E-state index contributed by atoms with van der Waals surface area (Å²) in [5, 5.41) is 1.80. The standard InChI is InChI=1S/C33H31NO5S/c1-38-28-14-20(9-10-27(28)39-31(36)33-16-21-11-22(17-33)13-23(12-21)18-33)15-29-30(35)34(32(37)40-29)19-25-7-4-6-24-5-2-3-8-26(24)25/h2-10,14-15,21-23H,11-13,16-19H2,1H3/b29-15-. The first kappa shape index (κ1) is 25.4. The summed E-state index contributed by atoms with van der Waals surface area (Å²) in [6.45, 7) is 0.214. The Morgan fingerprint density at radius 1 is 0.950 bits per heavy atom. The topological polar surface area (TPSA) is 72.9 Å². The van der Waals surface area contributed by atoms with Crippen LogP contribution in [-0.2, 0) is 16.1 Å². The van der Waals surface area contributed by atoms with Gasteiger partial charge in [0.25, 0.3) is 11.1 Å². The van der Waals surface area contributed by atoms with Crippen molar-refractivity contribution >= 4 is 45.7 Å². The number of rotatable bonds is 6. The van der Waals surface area contributed by atoms with Crippen LogP contribution < -0.4 is 9.47 Å². The van der Waals surface area contributed by atoms with Crippen LogP contribution in [0, 0.1) is 23.2 Å². The highest BCUT2D eigenvalue weighted by molar-refractivity contribution is 8.18. The quantitative estimate of drug-likeness (QED) is 0.183. The Kier molecular flexibility index (Phi) is 6.22. The van der Waals surface area contributed by atoms with Gasteiger partial charge in [-0.2, -0.15) is 0 Å². The predicted molar refractivity (Wildman–Crippen MR) is 155 cm³/mol. The van der Waals surface area contributed by atoms with Gasteiger partial charge in [0, 0.05) is 0 Å². The van der Waals surface area contributed by atoms with Crippen LogP contribution in [0.25, 0.3) is 16.8 Å². The third-order valence-corrected chi connectivity index (χ3v) is 10.1. The van der Waals surface area contributed by atoms with Crippen molar-refractivity contribution in [1.82, 2.24) is 4.90 Å². The van der Waals surface area contributed by atoms with E-state index in [1.807, 2.05) is 42.5 Å². The van der Waals surface area contributed by atoms with Gasteiger partial charge in [-0.15, -0.1) is 0 Å². The highest BCUT2D eigenvalue weighted by Crippen LogP contribution is 2.60. The molecule has 1 heterocycles. The third-order valence-electron chi connectivity index (χ3n) is 9.24. The van der Waals surface area contributed by atoms with Crippen LogP contribution in [0.5, 0.6) is 11.5 Å². The molecule has 4 bridgehead atoms. The Balaban J connectivity index is 1.09. The number of fused-ring (bicyclic) bond motifs is 1. The minimum absolute atomic E-state index is 0.132. The molecule has 4 saturated carbocycles. The van der Waals surface area contributed by atoms with E-state index in [0.29, 0.717) is 39.7 Å². The van der Waals surface area contributed by atoms with Gasteiger partial charge >= 0.3 is 5.97 Å². The molecular formula is C33H31NO5S. The number of carbonyl (C=O) groups excluding carboxylic acids is 3. The number of methoxy groups -OCH3 is 1. The first-order valence-electron chi connectivity index (χ1n) is 14.0. The highest BCUT2D eigenvalue weighted by atomic mass is 32.2. The molecule has 1 aliphatic heterocycles. The minimum atomic E-state index is -0.360. The molecule has 1 saturated heterocycles. The Morgan fingerprint density at radius 3 is 2.38 bits per heavy atom. The lowest BCUT2D eigenvalue weighted by molar-refractivity contribution is -0.161. The first-order chi connectivity index (χ1) is 19.4. The molecular weight excluding hydrogens is 522 g/mol. The monoisotopic (exact) mass is 553 g/mol. The molecule has 7 heteroatoms. The number of nitrogens with zero attached hydrogens (tertiary/aromatic N) is 1. The number of thioether (sulfide) groups is 1. The van der Waals surface area contributed by atoms with Gasteiger partial charge in [-0.1, -0.05) is 48.5 Å². The second-order valence-corrected chi connectivity index (χ2v) is 12.9. The van der Waals surface area contributed by atoms with Gasteiger partial charge in [-0.05, 0) is 108 Å². The maximum Gasteiger partial charge on any atom is 0.317 e. The predicted octanol–water partition coefficient (Wildman–Crippen LogP) is 7.21. The molecule has 40 heavy (non-hydrogen) atoms. The number of imide groups is 1. The number of hydrogen-bond acceptors (Lipinski definition) is 6. The molecule has 8 rings (SSSR count). The fourth-order valence-corrected chi connectivity index (χ4v) is 8.65. The molecule has 204 valence electrons. The number of hydrogen-bond donors (Lipinski definition) is 0. The van der Waals surface area contributed by atoms with E-state index in [1.54, 1.807) is 31.4 Å². The summed E-state index contributed by atoms with van der Waals surface area (Å²) in [5.74, 6) is 2.33. The second kappa shape index (κ2) is 9.81. The summed E-state index contributed by atoms with van der Waals surface area (Å²) < 4.78 is 11.6. The maximum atomic E-state index is 13.5. The second-order valence-electron chi connectivity index (χ2n) is 11.9. The molecule has 0 radical (unpaired) electrons. The largest absolute Gasteiger partial charge is 0.493 e. The average molecular weight is 554 g/mol. The van der Waals surface area contributed by atoms with Crippen molar-refractivity contribution in [2.24, 2.45) is 23.2 Å². The molecule has 0 spiro atoms. The van der Waals surface area contributed by atoms with E-state index in [-0.39, 0.29) is 29.1 Å². The minimum Gasteiger partial charge on any atom is -0.493 e. The van der Waals surface area contributed by atoms with Crippen molar-refractivity contribution < 1.29 is 23.9 Å². The molecule has 0 aromatic heterocycles. The first-order valence-corrected chi connectivity index (χ1v) is 14.8. The Morgan fingerprint density at radius 2 is 1.65 bits per heavy atom. The van der Waals surface area contributed by atoms with Crippen LogP contribution in [-0.4, -0.2) is 29.1 Å². The average Bonchev–Trinajstić information content (AvgIpc) is 3.20. The highest BCUT2D eigenvalue weighted by Gasteiger charge is 2.55. The molecule has 3 aromatic carbocycles. The van der Waals surface area contributed by atoms with E-state index in [2.05, 4.69) is 0 Å². The Labute approximate surface area is 237 Å². The molecule has 0 unspecified atom stereocenters. The van der Waals surface area contributed by atoms with Crippen molar-refractivity contribution in [3.8, 4) is 11.5 Å². The van der Waals surface area contributed by atoms with Crippen LogP contribution in [0.2, 0.25) is 0 Å². The number of ether oxygens (including phenoxy) is 2. The van der Waals surface area contributed by atoms with Crippen LogP contribution >= 0.6 is 11.8 Å². The van der Waals surface area contributed by atoms with Crippen LogP contribution in [0.4, 0.5) is 4.79 Å². The van der Waals surface area contributed by atoms with Gasteiger partial charge in [0.2, 0.25) is 0 Å². The summed E-state index contributed by atoms with van der Waals surface area (Å²) in [6, 6.07) is 19.1. The Hall–Kier alpha value is -3.58. The number of carbonyl (C=O) groups is 3. The zero-order valence-corrected chi connectivity index (χ0v) is 23.2. The van der Waals surface area contributed by atoms with Gasteiger partial charge < -0.3 is 9.47 Å². The third kappa shape index (κ3) is 4.40. The summed E-state index contributed by atoms with van der Waals surface area (Å²) in [7, 11) is 1.54. The lowest BCUT2D eigenvalue weighted by Crippen LogP contribution is -2.51.